The molecular weight excluding hydrogens is 434 g/mol. The number of para-hydroxylation sites is 2. The monoisotopic (exact) mass is 463 g/mol. The molecule has 33 heavy (non-hydrogen) atoms. The fraction of sp³-hybridized carbons (Fsp3) is 0.346. The smallest absolute Gasteiger partial charge is 0.248 e. The van der Waals surface area contributed by atoms with Crippen LogP contribution in [-0.4, -0.2) is 29.4 Å². The SMILES string of the molecule is CCOc1ccccc1N(C(=O)Cc1cccs1)C(C(=O)NC1CCCC1)c1ccncc1. The second-order valence-corrected chi connectivity index (χ2v) is 9.13. The lowest BCUT2D eigenvalue weighted by Gasteiger charge is -2.33. The average Bonchev–Trinajstić information content (AvgIpc) is 3.53. The molecule has 6 nitrogen and oxygen atoms in total. The van der Waals surface area contributed by atoms with E-state index in [-0.39, 0.29) is 24.3 Å². The van der Waals surface area contributed by atoms with Gasteiger partial charge in [0, 0.05) is 23.3 Å². The number of hydrogen-bond acceptors (Lipinski definition) is 5. The largest absolute Gasteiger partial charge is 0.492 e. The van der Waals surface area contributed by atoms with E-state index < -0.39 is 6.04 Å². The molecule has 4 rings (SSSR count). The number of hydrogen-bond donors (Lipinski definition) is 1. The second kappa shape index (κ2) is 11.1. The number of nitrogens with zero attached hydrogens (tertiary/aromatic N) is 2. The molecule has 0 aliphatic heterocycles. The average molecular weight is 464 g/mol. The number of carbonyl (C=O) groups is 2. The van der Waals surface area contributed by atoms with Crippen molar-refractivity contribution in [2.45, 2.75) is 51.1 Å². The normalized spacial score (nSPS) is 14.6. The molecular formula is C26H29N3O3S. The van der Waals surface area contributed by atoms with Gasteiger partial charge < -0.3 is 10.1 Å². The van der Waals surface area contributed by atoms with Crippen LogP contribution in [0.4, 0.5) is 5.69 Å². The lowest BCUT2D eigenvalue weighted by Crippen LogP contribution is -2.47. The van der Waals surface area contributed by atoms with Gasteiger partial charge in [0.1, 0.15) is 11.8 Å². The Morgan fingerprint density at radius 3 is 2.58 bits per heavy atom. The van der Waals surface area contributed by atoms with E-state index in [4.69, 9.17) is 4.74 Å². The summed E-state index contributed by atoms with van der Waals surface area (Å²) in [7, 11) is 0. The highest BCUT2D eigenvalue weighted by Crippen LogP contribution is 2.36. The minimum Gasteiger partial charge on any atom is -0.492 e. The summed E-state index contributed by atoms with van der Waals surface area (Å²) in [6, 6.07) is 14.2. The van der Waals surface area contributed by atoms with Crippen LogP contribution in [0.25, 0.3) is 0 Å². The number of carbonyl (C=O) groups excluding carboxylic acids is 2. The van der Waals surface area contributed by atoms with Crippen molar-refractivity contribution in [1.82, 2.24) is 10.3 Å². The molecule has 1 unspecified atom stereocenters. The fourth-order valence-corrected chi connectivity index (χ4v) is 5.01. The first-order valence-electron chi connectivity index (χ1n) is 11.4. The topological polar surface area (TPSA) is 71.5 Å². The van der Waals surface area contributed by atoms with E-state index in [0.29, 0.717) is 23.6 Å². The fourth-order valence-electron chi connectivity index (χ4n) is 4.31. The number of amides is 2. The molecule has 1 aliphatic rings. The van der Waals surface area contributed by atoms with E-state index in [1.54, 1.807) is 29.4 Å². The maximum Gasteiger partial charge on any atom is 0.248 e. The summed E-state index contributed by atoms with van der Waals surface area (Å²) in [5, 5.41) is 5.15. The van der Waals surface area contributed by atoms with E-state index in [2.05, 4.69) is 10.3 Å². The predicted molar refractivity (Wildman–Crippen MR) is 130 cm³/mol. The molecule has 2 amide bonds. The summed E-state index contributed by atoms with van der Waals surface area (Å²) < 4.78 is 5.87. The third-order valence-corrected chi connectivity index (χ3v) is 6.71. The van der Waals surface area contributed by atoms with E-state index in [1.807, 2.05) is 48.7 Å². The first-order valence-corrected chi connectivity index (χ1v) is 12.3. The van der Waals surface area contributed by atoms with Crippen molar-refractivity contribution < 1.29 is 14.3 Å². The van der Waals surface area contributed by atoms with Gasteiger partial charge in [-0.05, 0) is 61.0 Å². The molecule has 1 saturated carbocycles. The number of anilines is 1. The molecule has 172 valence electrons. The van der Waals surface area contributed by atoms with Gasteiger partial charge in [0.15, 0.2) is 0 Å². The zero-order valence-corrected chi connectivity index (χ0v) is 19.6. The highest BCUT2D eigenvalue weighted by Gasteiger charge is 2.35. The second-order valence-electron chi connectivity index (χ2n) is 8.09. The third kappa shape index (κ3) is 5.60. The predicted octanol–water partition coefficient (Wildman–Crippen LogP) is 4.92. The van der Waals surface area contributed by atoms with Crippen molar-refractivity contribution in [3.8, 4) is 5.75 Å². The van der Waals surface area contributed by atoms with Crippen LogP contribution in [0.1, 0.15) is 49.1 Å². The molecule has 1 aliphatic carbocycles. The molecule has 2 heterocycles. The number of benzene rings is 1. The van der Waals surface area contributed by atoms with Gasteiger partial charge >= 0.3 is 0 Å². The number of ether oxygens (including phenoxy) is 1. The van der Waals surface area contributed by atoms with Crippen LogP contribution in [0.3, 0.4) is 0 Å². The van der Waals surface area contributed by atoms with E-state index in [0.717, 1.165) is 30.6 Å². The number of rotatable bonds is 9. The molecule has 1 aromatic carbocycles. The van der Waals surface area contributed by atoms with E-state index >= 15 is 0 Å². The van der Waals surface area contributed by atoms with Crippen LogP contribution in [0.2, 0.25) is 0 Å². The minimum absolute atomic E-state index is 0.137. The Labute approximate surface area is 198 Å². The molecule has 0 bridgehead atoms. The Morgan fingerprint density at radius 2 is 1.88 bits per heavy atom. The third-order valence-electron chi connectivity index (χ3n) is 5.83. The number of nitrogens with one attached hydrogen (secondary N) is 1. The molecule has 2 aromatic heterocycles. The molecule has 0 spiro atoms. The maximum atomic E-state index is 13.8. The van der Waals surface area contributed by atoms with Crippen LogP contribution >= 0.6 is 11.3 Å². The molecule has 1 atom stereocenters. The summed E-state index contributed by atoms with van der Waals surface area (Å²) in [5.74, 6) is 0.235. The lowest BCUT2D eigenvalue weighted by molar-refractivity contribution is -0.127. The molecule has 1 fully saturated rings. The highest BCUT2D eigenvalue weighted by atomic mass is 32.1. The minimum atomic E-state index is -0.831. The van der Waals surface area contributed by atoms with Crippen LogP contribution in [0.5, 0.6) is 5.75 Å². The zero-order valence-electron chi connectivity index (χ0n) is 18.8. The zero-order chi connectivity index (χ0) is 23.0. The van der Waals surface area contributed by atoms with Crippen LogP contribution in [0, 0.1) is 0 Å². The van der Waals surface area contributed by atoms with Gasteiger partial charge in [-0.2, -0.15) is 0 Å². The first kappa shape index (κ1) is 23.0. The quantitative estimate of drug-likeness (QED) is 0.489. The van der Waals surface area contributed by atoms with Crippen LogP contribution in [-0.2, 0) is 16.0 Å². The Morgan fingerprint density at radius 1 is 1.12 bits per heavy atom. The number of pyridine rings is 1. The Kier molecular flexibility index (Phi) is 7.73. The molecule has 1 N–H and O–H groups in total. The first-order chi connectivity index (χ1) is 16.2. The summed E-state index contributed by atoms with van der Waals surface area (Å²) >= 11 is 1.53. The van der Waals surface area contributed by atoms with Crippen molar-refractivity contribution >= 4 is 28.8 Å². The van der Waals surface area contributed by atoms with Gasteiger partial charge in [0.2, 0.25) is 11.8 Å². The van der Waals surface area contributed by atoms with Crippen molar-refractivity contribution in [2.24, 2.45) is 0 Å². The summed E-state index contributed by atoms with van der Waals surface area (Å²) in [5.41, 5.74) is 1.30. The van der Waals surface area contributed by atoms with Gasteiger partial charge in [-0.15, -0.1) is 11.3 Å². The van der Waals surface area contributed by atoms with Gasteiger partial charge in [-0.25, -0.2) is 0 Å². The molecule has 0 radical (unpaired) electrons. The highest BCUT2D eigenvalue weighted by molar-refractivity contribution is 7.10. The van der Waals surface area contributed by atoms with E-state index in [1.165, 1.54) is 11.3 Å². The Hall–Kier alpha value is -3.19. The molecule has 0 saturated heterocycles. The lowest BCUT2D eigenvalue weighted by atomic mass is 10.0. The van der Waals surface area contributed by atoms with Crippen LogP contribution in [0.15, 0.2) is 66.3 Å². The Balaban J connectivity index is 1.78. The van der Waals surface area contributed by atoms with Crippen molar-refractivity contribution in [2.75, 3.05) is 11.5 Å². The van der Waals surface area contributed by atoms with Crippen molar-refractivity contribution in [3.05, 3.63) is 76.7 Å². The molecule has 3 aromatic rings. The summed E-state index contributed by atoms with van der Waals surface area (Å²) in [6.07, 6.45) is 7.67. The number of thiophene rings is 1. The van der Waals surface area contributed by atoms with Crippen molar-refractivity contribution in [1.29, 1.82) is 0 Å². The summed E-state index contributed by atoms with van der Waals surface area (Å²) in [4.78, 5) is 34.2. The van der Waals surface area contributed by atoms with Gasteiger partial charge in [-0.3, -0.25) is 19.5 Å². The van der Waals surface area contributed by atoms with Gasteiger partial charge in [0.25, 0.3) is 0 Å². The maximum absolute atomic E-state index is 13.8. The standard InChI is InChI=1S/C26H29N3O3S/c1-2-32-23-12-6-5-11-22(23)29(24(30)18-21-10-7-17-33-21)25(19-13-15-27-16-14-19)26(31)28-20-8-3-4-9-20/h5-7,10-17,20,25H,2-4,8-9,18H2,1H3,(H,28,31). The number of aromatic nitrogens is 1. The van der Waals surface area contributed by atoms with Gasteiger partial charge in [0.05, 0.1) is 18.7 Å². The Bertz CT molecular complexity index is 1050. The van der Waals surface area contributed by atoms with Crippen LogP contribution < -0.4 is 15.0 Å². The van der Waals surface area contributed by atoms with Gasteiger partial charge in [-0.1, -0.05) is 31.0 Å². The summed E-state index contributed by atoms with van der Waals surface area (Å²) in [6.45, 7) is 2.36. The molecule has 7 heteroatoms. The van der Waals surface area contributed by atoms with E-state index in [9.17, 15) is 9.59 Å². The van der Waals surface area contributed by atoms with Crippen molar-refractivity contribution in [3.63, 3.8) is 0 Å².